The van der Waals surface area contributed by atoms with Crippen LogP contribution in [0.4, 0.5) is 11.5 Å². The van der Waals surface area contributed by atoms with E-state index in [-0.39, 0.29) is 41.4 Å². The van der Waals surface area contributed by atoms with Crippen molar-refractivity contribution in [1.29, 1.82) is 10.5 Å². The van der Waals surface area contributed by atoms with Crippen LogP contribution < -0.4 is 9.80 Å². The van der Waals surface area contributed by atoms with Crippen molar-refractivity contribution in [2.45, 2.75) is 10.8 Å². The van der Waals surface area contributed by atoms with Gasteiger partial charge in [-0.15, -0.1) is 5.06 Å². The highest BCUT2D eigenvalue weighted by Crippen LogP contribution is 2.57. The summed E-state index contributed by atoms with van der Waals surface area (Å²) in [6, 6.07) is 36.9. The molecule has 0 spiro atoms. The number of amides is 3. The summed E-state index contributed by atoms with van der Waals surface area (Å²) in [5.74, 6) is -1.42. The molecule has 1 aromatic heterocycles. The Bertz CT molecular complexity index is 2550. The lowest BCUT2D eigenvalue weighted by molar-refractivity contribution is -0.113. The predicted octanol–water partition coefficient (Wildman–Crippen LogP) is 6.59. The zero-order valence-corrected chi connectivity index (χ0v) is 28.3. The maximum absolute atomic E-state index is 14.3. The number of aromatic nitrogens is 1. The van der Waals surface area contributed by atoms with Crippen LogP contribution in [0.5, 0.6) is 0 Å². The third-order valence-electron chi connectivity index (χ3n) is 9.32. The number of benzene rings is 4. The van der Waals surface area contributed by atoms with Gasteiger partial charge in [-0.25, -0.2) is 4.99 Å². The number of thioether (sulfide) groups is 1. The van der Waals surface area contributed by atoms with Crippen LogP contribution in [-0.2, 0) is 9.63 Å². The van der Waals surface area contributed by atoms with Gasteiger partial charge in [0.2, 0.25) is 0 Å². The number of carbonyl (C=O) groups is 3. The van der Waals surface area contributed by atoms with Crippen LogP contribution in [0.25, 0.3) is 11.3 Å². The minimum absolute atomic E-state index is 0.0176. The lowest BCUT2D eigenvalue weighted by Crippen LogP contribution is -2.37. The number of anilines is 2. The van der Waals surface area contributed by atoms with Crippen molar-refractivity contribution >= 4 is 46.7 Å². The van der Waals surface area contributed by atoms with Crippen molar-refractivity contribution in [2.24, 2.45) is 4.99 Å². The molecule has 254 valence electrons. The van der Waals surface area contributed by atoms with Crippen LogP contribution in [0, 0.1) is 22.7 Å². The topological polar surface area (TPSA) is 156 Å². The predicted molar refractivity (Wildman–Crippen MR) is 193 cm³/mol. The molecule has 0 saturated heterocycles. The molecule has 1 atom stereocenters. The van der Waals surface area contributed by atoms with Gasteiger partial charge in [0.1, 0.15) is 15.6 Å². The first-order chi connectivity index (χ1) is 26.0. The van der Waals surface area contributed by atoms with Crippen LogP contribution in [0.2, 0.25) is 0 Å². The third kappa shape index (κ3) is 4.91. The quantitative estimate of drug-likeness (QED) is 0.169. The first kappa shape index (κ1) is 31.9. The molecule has 5 aromatic rings. The number of aliphatic imine (C=N–C) groups is 1. The summed E-state index contributed by atoms with van der Waals surface area (Å²) in [5, 5.41) is 27.1. The van der Waals surface area contributed by atoms with Crippen LogP contribution in [0.1, 0.15) is 37.8 Å². The number of allylic oxidation sites excluding steroid dienone is 2. The van der Waals surface area contributed by atoms with Gasteiger partial charge in [-0.1, -0.05) is 108 Å². The second kappa shape index (κ2) is 12.6. The van der Waals surface area contributed by atoms with E-state index in [1.165, 1.54) is 16.7 Å². The largest absolute Gasteiger partial charge is 0.353 e. The van der Waals surface area contributed by atoms with E-state index in [1.54, 1.807) is 53.4 Å². The molecule has 12 nitrogen and oxygen atoms in total. The van der Waals surface area contributed by atoms with Crippen molar-refractivity contribution in [1.82, 2.24) is 10.2 Å². The summed E-state index contributed by atoms with van der Waals surface area (Å²) >= 11 is 1.30. The first-order valence-corrected chi connectivity index (χ1v) is 17.3. The highest BCUT2D eigenvalue weighted by molar-refractivity contribution is 8.04. The minimum atomic E-state index is -0.777. The Kier molecular flexibility index (Phi) is 7.59. The maximum Gasteiger partial charge on any atom is 0.285 e. The van der Waals surface area contributed by atoms with E-state index in [0.717, 1.165) is 5.56 Å². The van der Waals surface area contributed by atoms with Crippen LogP contribution >= 0.6 is 11.8 Å². The molecule has 5 heterocycles. The average Bonchev–Trinajstić information content (AvgIpc) is 3.92. The van der Waals surface area contributed by atoms with Gasteiger partial charge in [-0.05, 0) is 23.8 Å². The van der Waals surface area contributed by atoms with E-state index in [4.69, 9.17) is 14.4 Å². The van der Waals surface area contributed by atoms with Gasteiger partial charge in [-0.2, -0.15) is 10.5 Å². The number of carbonyl (C=O) groups excluding carboxylic acids is 3. The average molecular weight is 714 g/mol. The van der Waals surface area contributed by atoms with Crippen molar-refractivity contribution < 1.29 is 23.7 Å². The third-order valence-corrected chi connectivity index (χ3v) is 10.5. The Balaban J connectivity index is 1.12. The Labute approximate surface area is 306 Å². The molecule has 0 fully saturated rings. The monoisotopic (exact) mass is 713 g/mol. The van der Waals surface area contributed by atoms with Crippen LogP contribution in [0.15, 0.2) is 146 Å². The number of imide groups is 1. The molecule has 0 aliphatic carbocycles. The van der Waals surface area contributed by atoms with Gasteiger partial charge in [0.15, 0.2) is 17.4 Å². The number of para-hydroxylation sites is 1. The summed E-state index contributed by atoms with van der Waals surface area (Å²) in [6.45, 7) is -0.191. The molecule has 0 N–H and O–H groups in total. The molecule has 0 radical (unpaired) electrons. The Morgan fingerprint density at radius 2 is 1.40 bits per heavy atom. The summed E-state index contributed by atoms with van der Waals surface area (Å²) in [5.41, 5.74) is 3.58. The number of hydroxylamine groups is 2. The fourth-order valence-corrected chi connectivity index (χ4v) is 8.13. The summed E-state index contributed by atoms with van der Waals surface area (Å²) in [4.78, 5) is 54.4. The summed E-state index contributed by atoms with van der Waals surface area (Å²) in [6.07, 6.45) is 0. The second-order valence-corrected chi connectivity index (χ2v) is 13.2. The molecule has 4 aliphatic heterocycles. The zero-order valence-electron chi connectivity index (χ0n) is 27.5. The second-order valence-electron chi connectivity index (χ2n) is 12.2. The fourth-order valence-electron chi connectivity index (χ4n) is 6.93. The van der Waals surface area contributed by atoms with Gasteiger partial charge in [0, 0.05) is 11.1 Å². The van der Waals surface area contributed by atoms with Gasteiger partial charge in [0.25, 0.3) is 17.7 Å². The number of hydrogen-bond acceptors (Lipinski definition) is 11. The van der Waals surface area contributed by atoms with E-state index >= 15 is 0 Å². The summed E-state index contributed by atoms with van der Waals surface area (Å²) < 4.78 is 5.84. The lowest BCUT2D eigenvalue weighted by Gasteiger charge is -2.30. The Morgan fingerprint density at radius 3 is 2.08 bits per heavy atom. The zero-order chi connectivity index (χ0) is 36.2. The van der Waals surface area contributed by atoms with E-state index in [0.29, 0.717) is 49.0 Å². The molecule has 9 rings (SSSR count). The van der Waals surface area contributed by atoms with E-state index in [9.17, 15) is 24.9 Å². The van der Waals surface area contributed by atoms with Gasteiger partial charge >= 0.3 is 0 Å². The van der Waals surface area contributed by atoms with Crippen molar-refractivity contribution in [3.8, 4) is 23.5 Å². The van der Waals surface area contributed by atoms with E-state index in [2.05, 4.69) is 17.3 Å². The number of fused-ring (bicyclic) bond motifs is 5. The number of nitrogens with zero attached hydrogens (tertiary/aromatic N) is 7. The Hall–Kier alpha value is -7.06. The number of nitriles is 2. The van der Waals surface area contributed by atoms with Gasteiger partial charge in [-0.3, -0.25) is 24.1 Å². The van der Waals surface area contributed by atoms with Crippen molar-refractivity contribution in [2.75, 3.05) is 23.0 Å². The molecule has 4 aromatic carbocycles. The van der Waals surface area contributed by atoms with Crippen LogP contribution in [-0.4, -0.2) is 46.8 Å². The molecule has 0 bridgehead atoms. The maximum atomic E-state index is 14.3. The van der Waals surface area contributed by atoms with E-state index < -0.39 is 23.6 Å². The van der Waals surface area contributed by atoms with Gasteiger partial charge < -0.3 is 9.42 Å². The molecule has 53 heavy (non-hydrogen) atoms. The highest BCUT2D eigenvalue weighted by Gasteiger charge is 2.46. The number of hydrogen-bond donors (Lipinski definition) is 0. The molecular formula is C40H23N7O5S. The lowest BCUT2D eigenvalue weighted by atomic mass is 9.83. The standard InChI is InChI=1S/C40H23N7O5S/c41-21-28-31(23-11-3-1-4-12-23)29(22-42)40-46(36-34(53-40)33(52-44-36)24-13-5-2-6-14-24)35(28)43-32-27-17-9-10-18-30(27)45(39(32)50)19-20-51-47-37(48)25-15-7-8-16-26(25)38(47)49/h1-18,31H,19-20H2/b43-32-. The Morgan fingerprint density at radius 1 is 0.774 bits per heavy atom. The molecule has 4 aliphatic rings. The molecule has 0 saturated carbocycles. The van der Waals surface area contributed by atoms with Crippen molar-refractivity contribution in [3.05, 3.63) is 153 Å². The summed E-state index contributed by atoms with van der Waals surface area (Å²) in [7, 11) is 0. The van der Waals surface area contributed by atoms with E-state index in [1.807, 2.05) is 60.7 Å². The normalized spacial score (nSPS) is 18.0. The highest BCUT2D eigenvalue weighted by atomic mass is 32.2. The fraction of sp³-hybridized carbons (Fsp3) is 0.0750. The molecule has 3 amide bonds. The van der Waals surface area contributed by atoms with Crippen LogP contribution in [0.3, 0.4) is 0 Å². The number of rotatable bonds is 7. The first-order valence-electron chi connectivity index (χ1n) is 16.5. The van der Waals surface area contributed by atoms with Crippen molar-refractivity contribution in [3.63, 3.8) is 0 Å². The molecule has 13 heteroatoms. The molecular weight excluding hydrogens is 691 g/mol. The molecule has 1 unspecified atom stereocenters. The SMILES string of the molecule is N#CC1=C(/N=C2\C(=O)N(CCON3C(=O)c4ccccc4C3=O)c3ccccc32)N2C(=C(C#N)C1c1ccccc1)Sc1c2noc1-c1ccccc1. The minimum Gasteiger partial charge on any atom is -0.353 e. The smallest absolute Gasteiger partial charge is 0.285 e. The van der Waals surface area contributed by atoms with Gasteiger partial charge in [0.05, 0.1) is 59.2 Å².